The lowest BCUT2D eigenvalue weighted by atomic mass is 10.4. The molecule has 0 saturated heterocycles. The normalized spacial score (nSPS) is 16.6. The van der Waals surface area contributed by atoms with Gasteiger partial charge in [0, 0.05) is 5.92 Å². The van der Waals surface area contributed by atoms with Crippen molar-refractivity contribution >= 4 is 33.9 Å². The summed E-state index contributed by atoms with van der Waals surface area (Å²) in [5.41, 5.74) is 0.865. The molecule has 5 heteroatoms. The summed E-state index contributed by atoms with van der Waals surface area (Å²) in [7, 11) is 0. The van der Waals surface area contributed by atoms with E-state index in [0.717, 1.165) is 10.3 Å². The predicted octanol–water partition coefficient (Wildman–Crippen LogP) is 2.63. The van der Waals surface area contributed by atoms with E-state index in [1.807, 2.05) is 0 Å². The maximum Gasteiger partial charge on any atom is 0.148 e. The van der Waals surface area contributed by atoms with Crippen LogP contribution < -0.4 is 0 Å². The second kappa shape index (κ2) is 2.59. The Morgan fingerprint density at radius 1 is 1.54 bits per heavy atom. The largest absolute Gasteiger partial charge is 0.336 e. The van der Waals surface area contributed by atoms with Gasteiger partial charge in [-0.2, -0.15) is 0 Å². The van der Waals surface area contributed by atoms with E-state index in [2.05, 4.69) is 15.0 Å². The number of nitrogens with zero attached hydrogens (tertiary/aromatic N) is 2. The zero-order valence-corrected chi connectivity index (χ0v) is 8.41. The first kappa shape index (κ1) is 7.58. The number of hydrogen-bond acceptors (Lipinski definition) is 4. The standard InChI is InChI=1S/C8H7N3S2/c12-6-5-8(10-3-9-6)13-7(11-5)4-1-2-4/h3-4H,1-2H2,(H,9,10,12). The Bertz CT molecular complexity index is 509. The molecule has 0 amide bonds. The molecular formula is C8H7N3S2. The van der Waals surface area contributed by atoms with E-state index in [0.29, 0.717) is 10.6 Å². The SMILES string of the molecule is S=c1[nH]cnc2sc(C3CC3)nc12. The van der Waals surface area contributed by atoms with Crippen LogP contribution in [0, 0.1) is 4.64 Å². The monoisotopic (exact) mass is 209 g/mol. The van der Waals surface area contributed by atoms with Gasteiger partial charge in [0.1, 0.15) is 15.0 Å². The highest BCUT2D eigenvalue weighted by atomic mass is 32.1. The maximum absolute atomic E-state index is 5.12. The molecule has 66 valence electrons. The van der Waals surface area contributed by atoms with Crippen LogP contribution in [-0.4, -0.2) is 15.0 Å². The molecule has 0 aromatic carbocycles. The number of nitrogens with one attached hydrogen (secondary N) is 1. The predicted molar refractivity (Wildman–Crippen MR) is 54.6 cm³/mol. The van der Waals surface area contributed by atoms with Crippen molar-refractivity contribution in [1.82, 2.24) is 15.0 Å². The summed E-state index contributed by atoms with van der Waals surface area (Å²) in [4.78, 5) is 12.6. The number of fused-ring (bicyclic) bond motifs is 1. The number of thiazole rings is 1. The number of H-pyrrole nitrogens is 1. The number of aromatic nitrogens is 3. The van der Waals surface area contributed by atoms with Crippen LogP contribution >= 0.6 is 23.6 Å². The summed E-state index contributed by atoms with van der Waals surface area (Å²) < 4.78 is 0.702. The molecule has 0 bridgehead atoms. The van der Waals surface area contributed by atoms with Crippen molar-refractivity contribution in [2.24, 2.45) is 0 Å². The quantitative estimate of drug-likeness (QED) is 0.734. The fourth-order valence-electron chi connectivity index (χ4n) is 1.29. The minimum Gasteiger partial charge on any atom is -0.336 e. The average molecular weight is 209 g/mol. The molecule has 2 aromatic heterocycles. The van der Waals surface area contributed by atoms with Crippen LogP contribution in [0.25, 0.3) is 10.3 Å². The first-order chi connectivity index (χ1) is 6.34. The molecule has 2 heterocycles. The highest BCUT2D eigenvalue weighted by Gasteiger charge is 2.27. The fraction of sp³-hybridized carbons (Fsp3) is 0.375. The van der Waals surface area contributed by atoms with Crippen molar-refractivity contribution in [3.63, 3.8) is 0 Å². The topological polar surface area (TPSA) is 41.6 Å². The van der Waals surface area contributed by atoms with E-state index in [1.54, 1.807) is 17.7 Å². The van der Waals surface area contributed by atoms with Crippen LogP contribution in [0.4, 0.5) is 0 Å². The molecule has 3 nitrogen and oxygen atoms in total. The van der Waals surface area contributed by atoms with Crippen LogP contribution in [0.3, 0.4) is 0 Å². The van der Waals surface area contributed by atoms with Gasteiger partial charge in [-0.1, -0.05) is 23.6 Å². The van der Waals surface area contributed by atoms with Crippen LogP contribution in [0.2, 0.25) is 0 Å². The summed E-state index contributed by atoms with van der Waals surface area (Å²) >= 11 is 6.80. The second-order valence-electron chi connectivity index (χ2n) is 3.21. The van der Waals surface area contributed by atoms with Gasteiger partial charge in [-0.25, -0.2) is 9.97 Å². The summed E-state index contributed by atoms with van der Waals surface area (Å²) in [6.07, 6.45) is 4.19. The fourth-order valence-corrected chi connectivity index (χ4v) is 2.63. The molecule has 0 aliphatic heterocycles. The van der Waals surface area contributed by atoms with Crippen LogP contribution in [0.1, 0.15) is 23.8 Å². The van der Waals surface area contributed by atoms with Crippen LogP contribution in [0.15, 0.2) is 6.33 Å². The molecule has 1 fully saturated rings. The molecule has 1 aliphatic rings. The second-order valence-corrected chi connectivity index (χ2v) is 4.63. The number of aromatic amines is 1. The lowest BCUT2D eigenvalue weighted by Crippen LogP contribution is -1.79. The van der Waals surface area contributed by atoms with Gasteiger partial charge in [0.15, 0.2) is 0 Å². The minimum absolute atomic E-state index is 0.689. The van der Waals surface area contributed by atoms with Gasteiger partial charge in [-0.05, 0) is 12.8 Å². The Labute approximate surface area is 83.9 Å². The lowest BCUT2D eigenvalue weighted by Gasteiger charge is -1.84. The van der Waals surface area contributed by atoms with Gasteiger partial charge >= 0.3 is 0 Å². The molecule has 1 saturated carbocycles. The molecule has 0 radical (unpaired) electrons. The zero-order chi connectivity index (χ0) is 8.84. The Hall–Kier alpha value is -0.810. The highest BCUT2D eigenvalue weighted by molar-refractivity contribution is 7.71. The van der Waals surface area contributed by atoms with Gasteiger partial charge in [-0.3, -0.25) is 0 Å². The number of hydrogen-bond donors (Lipinski definition) is 1. The minimum atomic E-state index is 0.689. The Kier molecular flexibility index (Phi) is 1.51. The Morgan fingerprint density at radius 3 is 3.08 bits per heavy atom. The number of rotatable bonds is 1. The van der Waals surface area contributed by atoms with Crippen molar-refractivity contribution in [2.75, 3.05) is 0 Å². The van der Waals surface area contributed by atoms with E-state index in [-0.39, 0.29) is 0 Å². The lowest BCUT2D eigenvalue weighted by molar-refractivity contribution is 1.09. The van der Waals surface area contributed by atoms with E-state index < -0.39 is 0 Å². The Balaban J connectivity index is 2.32. The van der Waals surface area contributed by atoms with Crippen molar-refractivity contribution in [2.45, 2.75) is 18.8 Å². The summed E-state index contributed by atoms with van der Waals surface area (Å²) in [5, 5.41) is 1.20. The molecule has 13 heavy (non-hydrogen) atoms. The molecule has 2 aromatic rings. The van der Waals surface area contributed by atoms with Crippen molar-refractivity contribution in [1.29, 1.82) is 0 Å². The highest BCUT2D eigenvalue weighted by Crippen LogP contribution is 2.42. The molecule has 3 rings (SSSR count). The first-order valence-corrected chi connectivity index (χ1v) is 5.41. The van der Waals surface area contributed by atoms with E-state index in [9.17, 15) is 0 Å². The summed E-state index contributed by atoms with van der Waals surface area (Å²) in [6.45, 7) is 0. The van der Waals surface area contributed by atoms with Gasteiger partial charge < -0.3 is 4.98 Å². The van der Waals surface area contributed by atoms with E-state index >= 15 is 0 Å². The van der Waals surface area contributed by atoms with Crippen molar-refractivity contribution in [3.05, 3.63) is 16.0 Å². The summed E-state index contributed by atoms with van der Waals surface area (Å²) in [5.74, 6) is 0.689. The average Bonchev–Trinajstić information content (AvgIpc) is 2.87. The van der Waals surface area contributed by atoms with Gasteiger partial charge in [0.05, 0.1) is 11.3 Å². The molecular weight excluding hydrogens is 202 g/mol. The molecule has 1 aliphatic carbocycles. The third-order valence-corrected chi connectivity index (χ3v) is 3.58. The molecule has 0 atom stereocenters. The van der Waals surface area contributed by atoms with Crippen molar-refractivity contribution < 1.29 is 0 Å². The smallest absolute Gasteiger partial charge is 0.148 e. The summed E-state index contributed by atoms with van der Waals surface area (Å²) in [6, 6.07) is 0. The Morgan fingerprint density at radius 2 is 2.38 bits per heavy atom. The van der Waals surface area contributed by atoms with Gasteiger partial charge in [0.25, 0.3) is 0 Å². The third-order valence-electron chi connectivity index (χ3n) is 2.14. The molecule has 0 unspecified atom stereocenters. The zero-order valence-electron chi connectivity index (χ0n) is 6.78. The van der Waals surface area contributed by atoms with Crippen molar-refractivity contribution in [3.8, 4) is 0 Å². The first-order valence-electron chi connectivity index (χ1n) is 4.19. The maximum atomic E-state index is 5.12. The van der Waals surface area contributed by atoms with Gasteiger partial charge in [-0.15, -0.1) is 0 Å². The molecule has 0 spiro atoms. The van der Waals surface area contributed by atoms with Crippen LogP contribution in [0.5, 0.6) is 0 Å². The van der Waals surface area contributed by atoms with Gasteiger partial charge in [0.2, 0.25) is 0 Å². The van der Waals surface area contributed by atoms with E-state index in [1.165, 1.54) is 17.8 Å². The van der Waals surface area contributed by atoms with Crippen LogP contribution in [-0.2, 0) is 0 Å². The van der Waals surface area contributed by atoms with E-state index in [4.69, 9.17) is 12.2 Å². The molecule has 1 N–H and O–H groups in total. The third kappa shape index (κ3) is 1.19.